The van der Waals surface area contributed by atoms with Gasteiger partial charge in [0.2, 0.25) is 0 Å². The Balaban J connectivity index is 1.77. The zero-order chi connectivity index (χ0) is 19.4. The summed E-state index contributed by atoms with van der Waals surface area (Å²) in [5.74, 6) is 0.987. The van der Waals surface area contributed by atoms with Gasteiger partial charge in [-0.25, -0.2) is 13.2 Å². The molecule has 1 aromatic rings. The molecule has 7 heteroatoms. The number of sulfone groups is 1. The maximum atomic E-state index is 12.3. The van der Waals surface area contributed by atoms with Gasteiger partial charge in [0.15, 0.2) is 9.84 Å². The van der Waals surface area contributed by atoms with E-state index < -0.39 is 9.84 Å². The van der Waals surface area contributed by atoms with Crippen LogP contribution in [0.5, 0.6) is 5.75 Å². The summed E-state index contributed by atoms with van der Waals surface area (Å²) in [6.07, 6.45) is 0.514. The minimum Gasteiger partial charge on any atom is -0.492 e. The lowest BCUT2D eigenvalue weighted by atomic mass is 9.87. The molecule has 6 nitrogen and oxygen atoms in total. The number of nitrogens with one attached hydrogen (secondary N) is 1. The second kappa shape index (κ2) is 8.29. The van der Waals surface area contributed by atoms with Crippen molar-refractivity contribution in [1.29, 1.82) is 0 Å². The number of urea groups is 1. The molecule has 1 N–H and O–H groups in total. The Bertz CT molecular complexity index is 708. The van der Waals surface area contributed by atoms with Gasteiger partial charge in [-0.2, -0.15) is 0 Å². The number of carbonyl (C=O) groups is 1. The monoisotopic (exact) mass is 382 g/mol. The molecular formula is C19H30N2O4S. The van der Waals surface area contributed by atoms with Crippen LogP contribution in [-0.2, 0) is 15.3 Å². The van der Waals surface area contributed by atoms with Gasteiger partial charge in [-0.3, -0.25) is 0 Å². The van der Waals surface area contributed by atoms with Crippen molar-refractivity contribution in [3.8, 4) is 5.75 Å². The Labute approximate surface area is 156 Å². The van der Waals surface area contributed by atoms with Gasteiger partial charge in [0.25, 0.3) is 0 Å². The van der Waals surface area contributed by atoms with Crippen LogP contribution in [0.3, 0.4) is 0 Å². The molecule has 0 bridgehead atoms. The van der Waals surface area contributed by atoms with Crippen LogP contribution in [-0.4, -0.2) is 56.6 Å². The minimum absolute atomic E-state index is 0.0604. The number of rotatable bonds is 6. The summed E-state index contributed by atoms with van der Waals surface area (Å²) in [4.78, 5) is 13.9. The van der Waals surface area contributed by atoms with Gasteiger partial charge in [-0.05, 0) is 36.5 Å². The van der Waals surface area contributed by atoms with Gasteiger partial charge in [-0.15, -0.1) is 0 Å². The van der Waals surface area contributed by atoms with Gasteiger partial charge in [0.1, 0.15) is 12.4 Å². The summed E-state index contributed by atoms with van der Waals surface area (Å²) in [7, 11) is -3.01. The van der Waals surface area contributed by atoms with E-state index in [1.165, 1.54) is 5.56 Å². The molecule has 1 aliphatic rings. The Morgan fingerprint density at radius 1 is 1.27 bits per heavy atom. The van der Waals surface area contributed by atoms with Crippen molar-refractivity contribution >= 4 is 15.9 Å². The lowest BCUT2D eigenvalue weighted by Gasteiger charge is -2.27. The molecule has 0 aliphatic carbocycles. The molecule has 26 heavy (non-hydrogen) atoms. The van der Waals surface area contributed by atoms with E-state index in [1.807, 2.05) is 31.2 Å². The second-order valence-electron chi connectivity index (χ2n) is 7.70. The molecule has 1 unspecified atom stereocenters. The highest BCUT2D eigenvalue weighted by molar-refractivity contribution is 7.91. The summed E-state index contributed by atoms with van der Waals surface area (Å²) in [5, 5.41) is 2.81. The van der Waals surface area contributed by atoms with Crippen molar-refractivity contribution in [3.63, 3.8) is 0 Å². The lowest BCUT2D eigenvalue weighted by molar-refractivity contribution is 0.181. The van der Waals surface area contributed by atoms with Crippen molar-refractivity contribution in [2.75, 3.05) is 31.2 Å². The molecule has 1 saturated heterocycles. The average molecular weight is 383 g/mol. The Kier molecular flexibility index (Phi) is 6.55. The minimum atomic E-state index is -3.01. The summed E-state index contributed by atoms with van der Waals surface area (Å²) >= 11 is 0. The van der Waals surface area contributed by atoms with E-state index in [2.05, 4.69) is 26.1 Å². The van der Waals surface area contributed by atoms with Crippen molar-refractivity contribution in [3.05, 3.63) is 29.8 Å². The van der Waals surface area contributed by atoms with Crippen LogP contribution in [0.15, 0.2) is 24.3 Å². The highest BCUT2D eigenvalue weighted by Crippen LogP contribution is 2.24. The topological polar surface area (TPSA) is 75.7 Å². The fourth-order valence-corrected chi connectivity index (χ4v) is 4.80. The van der Waals surface area contributed by atoms with Crippen LogP contribution >= 0.6 is 0 Å². The van der Waals surface area contributed by atoms with E-state index in [0.717, 1.165) is 5.75 Å². The summed E-state index contributed by atoms with van der Waals surface area (Å²) < 4.78 is 28.9. The van der Waals surface area contributed by atoms with E-state index in [1.54, 1.807) is 4.90 Å². The number of amides is 2. The number of carbonyl (C=O) groups excluding carboxylic acids is 1. The van der Waals surface area contributed by atoms with Gasteiger partial charge < -0.3 is 15.0 Å². The van der Waals surface area contributed by atoms with Crippen LogP contribution < -0.4 is 10.1 Å². The Morgan fingerprint density at radius 2 is 1.92 bits per heavy atom. The number of hydrogen-bond donors (Lipinski definition) is 1. The molecule has 1 fully saturated rings. The maximum Gasteiger partial charge on any atom is 0.317 e. The number of nitrogens with zero attached hydrogens (tertiary/aromatic N) is 1. The number of benzene rings is 1. The first-order chi connectivity index (χ1) is 12.1. The number of ether oxygens (including phenoxy) is 1. The van der Waals surface area contributed by atoms with Gasteiger partial charge in [-0.1, -0.05) is 32.9 Å². The molecule has 2 rings (SSSR count). The normalized spacial score (nSPS) is 19.2. The fourth-order valence-electron chi connectivity index (χ4n) is 3.07. The third-order valence-corrected chi connectivity index (χ3v) is 6.37. The Morgan fingerprint density at radius 3 is 2.42 bits per heavy atom. The van der Waals surface area contributed by atoms with Gasteiger partial charge >= 0.3 is 6.03 Å². The summed E-state index contributed by atoms with van der Waals surface area (Å²) in [5.41, 5.74) is 1.34. The van der Waals surface area contributed by atoms with Crippen molar-refractivity contribution in [2.24, 2.45) is 0 Å². The second-order valence-corrected chi connectivity index (χ2v) is 9.93. The van der Waals surface area contributed by atoms with E-state index in [0.29, 0.717) is 26.1 Å². The third-order valence-electron chi connectivity index (χ3n) is 4.62. The van der Waals surface area contributed by atoms with E-state index in [9.17, 15) is 13.2 Å². The van der Waals surface area contributed by atoms with Gasteiger partial charge in [0, 0.05) is 12.6 Å². The molecule has 2 amide bonds. The smallest absolute Gasteiger partial charge is 0.317 e. The quantitative estimate of drug-likeness (QED) is 0.767. The first-order valence-corrected chi connectivity index (χ1v) is 10.9. The largest absolute Gasteiger partial charge is 0.492 e. The van der Waals surface area contributed by atoms with Gasteiger partial charge in [0.05, 0.1) is 18.1 Å². The van der Waals surface area contributed by atoms with Crippen molar-refractivity contribution < 1.29 is 17.9 Å². The molecule has 0 aromatic heterocycles. The SMILES string of the molecule is CCN(C(=O)NCCOc1ccc(C(C)(C)C)cc1)C1CCS(=O)(=O)C1. The molecule has 1 atom stereocenters. The predicted octanol–water partition coefficient (Wildman–Crippen LogP) is 2.58. The molecule has 0 radical (unpaired) electrons. The zero-order valence-electron chi connectivity index (χ0n) is 16.1. The molecule has 1 aromatic carbocycles. The van der Waals surface area contributed by atoms with Crippen LogP contribution in [0.1, 0.15) is 39.7 Å². The molecule has 1 aliphatic heterocycles. The standard InChI is InChI=1S/C19H30N2O4S/c1-5-21(16-10-13-26(23,24)14-16)18(22)20-11-12-25-17-8-6-15(7-9-17)19(2,3)4/h6-9,16H,5,10-14H2,1-4H3,(H,20,22). The van der Waals surface area contributed by atoms with E-state index in [-0.39, 0.29) is 29.0 Å². The van der Waals surface area contributed by atoms with Crippen LogP contribution in [0, 0.1) is 0 Å². The third kappa shape index (κ3) is 5.62. The van der Waals surface area contributed by atoms with Crippen LogP contribution in [0.2, 0.25) is 0 Å². The average Bonchev–Trinajstić information content (AvgIpc) is 2.91. The molecule has 146 valence electrons. The summed E-state index contributed by atoms with van der Waals surface area (Å²) in [6, 6.07) is 7.51. The molecule has 0 saturated carbocycles. The van der Waals surface area contributed by atoms with Crippen LogP contribution in [0.25, 0.3) is 0 Å². The lowest BCUT2D eigenvalue weighted by Crippen LogP contribution is -2.47. The highest BCUT2D eigenvalue weighted by Gasteiger charge is 2.33. The summed E-state index contributed by atoms with van der Waals surface area (Å²) in [6.45, 7) is 9.56. The van der Waals surface area contributed by atoms with E-state index >= 15 is 0 Å². The Hall–Kier alpha value is -1.76. The molecule has 0 spiro atoms. The first kappa shape index (κ1) is 20.6. The van der Waals surface area contributed by atoms with Crippen LogP contribution in [0.4, 0.5) is 4.79 Å². The zero-order valence-corrected chi connectivity index (χ0v) is 16.9. The van der Waals surface area contributed by atoms with E-state index in [4.69, 9.17) is 4.74 Å². The highest BCUT2D eigenvalue weighted by atomic mass is 32.2. The first-order valence-electron chi connectivity index (χ1n) is 9.10. The fraction of sp³-hybridized carbons (Fsp3) is 0.632. The molecular weight excluding hydrogens is 352 g/mol. The number of hydrogen-bond acceptors (Lipinski definition) is 4. The predicted molar refractivity (Wildman–Crippen MR) is 103 cm³/mol. The van der Waals surface area contributed by atoms with Crippen molar-refractivity contribution in [1.82, 2.24) is 10.2 Å². The molecule has 1 heterocycles. The maximum absolute atomic E-state index is 12.3. The van der Waals surface area contributed by atoms with Crippen molar-refractivity contribution in [2.45, 2.75) is 45.6 Å².